The molecule has 0 amide bonds. The lowest BCUT2D eigenvalue weighted by atomic mass is 9.83. The highest BCUT2D eigenvalue weighted by molar-refractivity contribution is 6.02. The third kappa shape index (κ3) is 1.74. The third-order valence-electron chi connectivity index (χ3n) is 2.61. The number of H-pyrrole nitrogens is 1. The van der Waals surface area contributed by atoms with Gasteiger partial charge in [0.15, 0.2) is 5.78 Å². The smallest absolute Gasteiger partial charge is 0.176 e. The number of aromatic amines is 1. The number of hydrogen-bond donors (Lipinski definition) is 1. The van der Waals surface area contributed by atoms with Crippen molar-refractivity contribution in [3.05, 3.63) is 48.0 Å². The second-order valence-electron chi connectivity index (χ2n) is 4.15. The molecule has 0 unspecified atom stereocenters. The van der Waals surface area contributed by atoms with Crippen LogP contribution in [0.25, 0.3) is 0 Å². The number of rotatable bonds is 3. The maximum absolute atomic E-state index is 12.3. The molecule has 82 valence electrons. The molecule has 0 fully saturated rings. The molecular weight excluding hydrogens is 202 g/mol. The van der Waals surface area contributed by atoms with Gasteiger partial charge < -0.3 is 0 Å². The maximum Gasteiger partial charge on any atom is 0.176 e. The van der Waals surface area contributed by atoms with Gasteiger partial charge in [0.25, 0.3) is 0 Å². The fraction of sp³-hybridized carbons (Fsp3) is 0.250. The Balaban J connectivity index is 2.36. The number of carbonyl (C=O) groups is 1. The third-order valence-corrected chi connectivity index (χ3v) is 2.61. The summed E-state index contributed by atoms with van der Waals surface area (Å²) in [4.78, 5) is 16.3. The summed E-state index contributed by atoms with van der Waals surface area (Å²) < 4.78 is 0. The van der Waals surface area contributed by atoms with Crippen LogP contribution in [-0.2, 0) is 5.41 Å². The van der Waals surface area contributed by atoms with Crippen molar-refractivity contribution < 1.29 is 4.79 Å². The van der Waals surface area contributed by atoms with E-state index in [9.17, 15) is 4.79 Å². The Hall–Kier alpha value is -1.97. The summed E-state index contributed by atoms with van der Waals surface area (Å²) in [7, 11) is 0. The number of nitrogens with zero attached hydrogens (tertiary/aromatic N) is 2. The van der Waals surface area contributed by atoms with Gasteiger partial charge in [0.1, 0.15) is 12.2 Å². The monoisotopic (exact) mass is 215 g/mol. The topological polar surface area (TPSA) is 58.6 Å². The number of aromatic nitrogens is 3. The van der Waals surface area contributed by atoms with Crippen LogP contribution >= 0.6 is 0 Å². The standard InChI is InChI=1S/C12H13N3O/c1-12(2,11-13-8-14-15-11)10(16)9-6-4-3-5-7-9/h3-8H,1-2H3,(H,13,14,15). The van der Waals surface area contributed by atoms with Crippen molar-refractivity contribution in [3.8, 4) is 0 Å². The molecule has 0 spiro atoms. The quantitative estimate of drug-likeness (QED) is 0.796. The first-order valence-electron chi connectivity index (χ1n) is 5.08. The zero-order valence-corrected chi connectivity index (χ0v) is 9.27. The van der Waals surface area contributed by atoms with Gasteiger partial charge >= 0.3 is 0 Å². The highest BCUT2D eigenvalue weighted by Gasteiger charge is 2.33. The molecule has 16 heavy (non-hydrogen) atoms. The molecule has 0 aliphatic carbocycles. The zero-order chi connectivity index (χ0) is 11.6. The van der Waals surface area contributed by atoms with E-state index < -0.39 is 5.41 Å². The average Bonchev–Trinajstić information content (AvgIpc) is 2.83. The molecule has 4 nitrogen and oxygen atoms in total. The Bertz CT molecular complexity index is 474. The summed E-state index contributed by atoms with van der Waals surface area (Å²) in [6, 6.07) is 9.20. The van der Waals surface area contributed by atoms with Crippen LogP contribution in [0.5, 0.6) is 0 Å². The van der Waals surface area contributed by atoms with Gasteiger partial charge in [-0.25, -0.2) is 4.98 Å². The van der Waals surface area contributed by atoms with Crippen LogP contribution in [0.15, 0.2) is 36.7 Å². The van der Waals surface area contributed by atoms with E-state index in [-0.39, 0.29) is 5.78 Å². The molecule has 0 atom stereocenters. The minimum Gasteiger partial charge on any atom is -0.293 e. The molecule has 0 bridgehead atoms. The molecule has 2 rings (SSSR count). The zero-order valence-electron chi connectivity index (χ0n) is 9.27. The first-order valence-corrected chi connectivity index (χ1v) is 5.08. The Kier molecular flexibility index (Phi) is 2.56. The fourth-order valence-electron chi connectivity index (χ4n) is 1.56. The molecule has 1 heterocycles. The van der Waals surface area contributed by atoms with E-state index in [0.717, 1.165) is 0 Å². The van der Waals surface area contributed by atoms with Gasteiger partial charge in [-0.1, -0.05) is 30.3 Å². The maximum atomic E-state index is 12.3. The first-order chi connectivity index (χ1) is 7.62. The minimum absolute atomic E-state index is 0.0323. The SMILES string of the molecule is CC(C)(C(=O)c1ccccc1)c1ncn[nH]1. The molecule has 1 N–H and O–H groups in total. The molecule has 1 aromatic carbocycles. The predicted octanol–water partition coefficient (Wildman–Crippen LogP) is 1.97. The van der Waals surface area contributed by atoms with Gasteiger partial charge in [0.2, 0.25) is 0 Å². The van der Waals surface area contributed by atoms with Crippen molar-refractivity contribution in [2.75, 3.05) is 0 Å². The van der Waals surface area contributed by atoms with Crippen LogP contribution in [-0.4, -0.2) is 21.0 Å². The van der Waals surface area contributed by atoms with E-state index >= 15 is 0 Å². The molecule has 0 aliphatic heterocycles. The second kappa shape index (κ2) is 3.89. The predicted molar refractivity (Wildman–Crippen MR) is 60.2 cm³/mol. The number of benzene rings is 1. The number of ketones is 1. The van der Waals surface area contributed by atoms with Crippen molar-refractivity contribution in [2.45, 2.75) is 19.3 Å². The molecular formula is C12H13N3O. The van der Waals surface area contributed by atoms with Crippen LogP contribution in [0.3, 0.4) is 0 Å². The van der Waals surface area contributed by atoms with Crippen molar-refractivity contribution in [1.82, 2.24) is 15.2 Å². The second-order valence-corrected chi connectivity index (χ2v) is 4.15. The normalized spacial score (nSPS) is 11.4. The number of nitrogens with one attached hydrogen (secondary N) is 1. The van der Waals surface area contributed by atoms with Crippen LogP contribution in [0.4, 0.5) is 0 Å². The van der Waals surface area contributed by atoms with Crippen molar-refractivity contribution in [3.63, 3.8) is 0 Å². The first kappa shape index (κ1) is 10.5. The number of carbonyl (C=O) groups excluding carboxylic acids is 1. The Morgan fingerprint density at radius 3 is 2.50 bits per heavy atom. The lowest BCUT2D eigenvalue weighted by Crippen LogP contribution is -2.30. The molecule has 2 aromatic rings. The van der Waals surface area contributed by atoms with Gasteiger partial charge in [-0.05, 0) is 13.8 Å². The summed E-state index contributed by atoms with van der Waals surface area (Å²) >= 11 is 0. The van der Waals surface area contributed by atoms with Crippen LogP contribution in [0.2, 0.25) is 0 Å². The number of Topliss-reactive ketones (excluding diaryl/α,β-unsaturated/α-hetero) is 1. The van der Waals surface area contributed by atoms with Crippen molar-refractivity contribution in [2.24, 2.45) is 0 Å². The molecule has 0 saturated carbocycles. The summed E-state index contributed by atoms with van der Waals surface area (Å²) in [6.07, 6.45) is 1.41. The van der Waals surface area contributed by atoms with Crippen molar-refractivity contribution >= 4 is 5.78 Å². The largest absolute Gasteiger partial charge is 0.293 e. The molecule has 0 radical (unpaired) electrons. The van der Waals surface area contributed by atoms with Crippen LogP contribution in [0, 0.1) is 0 Å². The van der Waals surface area contributed by atoms with Gasteiger partial charge in [-0.3, -0.25) is 9.89 Å². The lowest BCUT2D eigenvalue weighted by molar-refractivity contribution is 0.0903. The molecule has 1 aromatic heterocycles. The molecule has 0 aliphatic rings. The number of hydrogen-bond acceptors (Lipinski definition) is 3. The average molecular weight is 215 g/mol. The summed E-state index contributed by atoms with van der Waals surface area (Å²) in [5, 5.41) is 6.52. The van der Waals surface area contributed by atoms with E-state index in [1.54, 1.807) is 12.1 Å². The Morgan fingerprint density at radius 1 is 1.25 bits per heavy atom. The van der Waals surface area contributed by atoms with Gasteiger partial charge in [-0.15, -0.1) is 0 Å². The summed E-state index contributed by atoms with van der Waals surface area (Å²) in [6.45, 7) is 3.67. The fourth-order valence-corrected chi connectivity index (χ4v) is 1.56. The van der Waals surface area contributed by atoms with E-state index in [2.05, 4.69) is 15.2 Å². The summed E-state index contributed by atoms with van der Waals surface area (Å²) in [5.41, 5.74) is 0.00148. The van der Waals surface area contributed by atoms with E-state index in [1.807, 2.05) is 32.0 Å². The van der Waals surface area contributed by atoms with E-state index in [1.165, 1.54) is 6.33 Å². The molecule has 4 heteroatoms. The van der Waals surface area contributed by atoms with E-state index in [4.69, 9.17) is 0 Å². The van der Waals surface area contributed by atoms with Gasteiger partial charge in [0, 0.05) is 5.56 Å². The Labute approximate surface area is 93.7 Å². The highest BCUT2D eigenvalue weighted by Crippen LogP contribution is 2.24. The van der Waals surface area contributed by atoms with Gasteiger partial charge in [-0.2, -0.15) is 5.10 Å². The minimum atomic E-state index is -0.683. The lowest BCUT2D eigenvalue weighted by Gasteiger charge is -2.19. The van der Waals surface area contributed by atoms with E-state index in [0.29, 0.717) is 11.4 Å². The summed E-state index contributed by atoms with van der Waals surface area (Å²) in [5.74, 6) is 0.617. The van der Waals surface area contributed by atoms with Crippen molar-refractivity contribution in [1.29, 1.82) is 0 Å². The van der Waals surface area contributed by atoms with Crippen LogP contribution in [0.1, 0.15) is 30.0 Å². The molecule has 0 saturated heterocycles. The Morgan fingerprint density at radius 2 is 1.94 bits per heavy atom. The highest BCUT2D eigenvalue weighted by atomic mass is 16.1. The van der Waals surface area contributed by atoms with Crippen LogP contribution < -0.4 is 0 Å². The van der Waals surface area contributed by atoms with Gasteiger partial charge in [0.05, 0.1) is 5.41 Å².